The Morgan fingerprint density at radius 1 is 0.857 bits per heavy atom. The van der Waals surface area contributed by atoms with E-state index in [4.69, 9.17) is 17.2 Å². The average Bonchev–Trinajstić information content (AvgIpc) is 2.76. The number of rotatable bonds is 5. The van der Waals surface area contributed by atoms with Gasteiger partial charge in [0.05, 0.1) is 0 Å². The van der Waals surface area contributed by atoms with Crippen LogP contribution in [0.2, 0.25) is 0 Å². The molecule has 3 aromatic rings. The molecule has 0 amide bonds. The van der Waals surface area contributed by atoms with Crippen LogP contribution in [0.15, 0.2) is 96.0 Å². The molecule has 0 aromatic heterocycles. The molecule has 3 rings (SSSR count). The van der Waals surface area contributed by atoms with Crippen LogP contribution in [-0.4, -0.2) is 17.3 Å². The highest BCUT2D eigenvalue weighted by molar-refractivity contribution is 8.13. The van der Waals surface area contributed by atoms with E-state index >= 15 is 0 Å². The number of thiocarbonyl (C=S) groups is 1. The molecule has 0 unspecified atom stereocenters. The largest absolute Gasteiger partial charge is 0.357 e. The van der Waals surface area contributed by atoms with Gasteiger partial charge in [-0.3, -0.25) is 0 Å². The number of aliphatic imine (C=N–C) groups is 1. The fourth-order valence-corrected chi connectivity index (χ4v) is 3.75. The summed E-state index contributed by atoms with van der Waals surface area (Å²) >= 11 is 7.17. The minimum atomic E-state index is 0.488. The standard InChI is InChI=1S/C23H23N3S2/c1-26(21-15-9-4-10-16-21)23(28-18-20-13-7-3-8-14-20)25-22(27)24-17-19-11-5-2-6-12-19/h2-16H,17-18H2,1H3,(H,24,27)/b25-23-. The summed E-state index contributed by atoms with van der Waals surface area (Å²) in [6, 6.07) is 30.8. The van der Waals surface area contributed by atoms with E-state index in [0.29, 0.717) is 11.7 Å². The van der Waals surface area contributed by atoms with E-state index in [1.54, 1.807) is 11.8 Å². The predicted octanol–water partition coefficient (Wildman–Crippen LogP) is 5.49. The summed E-state index contributed by atoms with van der Waals surface area (Å²) in [7, 11) is 2.02. The van der Waals surface area contributed by atoms with Crippen molar-refractivity contribution in [2.45, 2.75) is 12.3 Å². The van der Waals surface area contributed by atoms with Crippen molar-refractivity contribution in [1.29, 1.82) is 0 Å². The van der Waals surface area contributed by atoms with Gasteiger partial charge in [0.2, 0.25) is 0 Å². The molecule has 0 heterocycles. The van der Waals surface area contributed by atoms with Gasteiger partial charge in [-0.2, -0.15) is 4.99 Å². The third kappa shape index (κ3) is 6.22. The molecular weight excluding hydrogens is 382 g/mol. The highest BCUT2D eigenvalue weighted by Crippen LogP contribution is 2.21. The van der Waals surface area contributed by atoms with Crippen molar-refractivity contribution in [1.82, 2.24) is 5.32 Å². The molecule has 0 fully saturated rings. The third-order valence-electron chi connectivity index (χ3n) is 4.12. The molecule has 142 valence electrons. The van der Waals surface area contributed by atoms with Gasteiger partial charge in [0.1, 0.15) is 0 Å². The zero-order valence-corrected chi connectivity index (χ0v) is 17.4. The van der Waals surface area contributed by atoms with Gasteiger partial charge in [-0.05, 0) is 35.5 Å². The van der Waals surface area contributed by atoms with Crippen molar-refractivity contribution in [3.63, 3.8) is 0 Å². The second-order valence-corrected chi connectivity index (χ2v) is 7.54. The maximum absolute atomic E-state index is 5.49. The second kappa shape index (κ2) is 10.6. The smallest absolute Gasteiger partial charge is 0.195 e. The maximum atomic E-state index is 5.49. The minimum absolute atomic E-state index is 0.488. The lowest BCUT2D eigenvalue weighted by Crippen LogP contribution is -2.27. The Hall–Kier alpha value is -2.63. The first kappa shape index (κ1) is 20.1. The van der Waals surface area contributed by atoms with E-state index in [1.807, 2.05) is 49.5 Å². The van der Waals surface area contributed by atoms with Gasteiger partial charge in [0, 0.05) is 25.0 Å². The molecule has 0 aliphatic rings. The minimum Gasteiger partial charge on any atom is -0.357 e. The maximum Gasteiger partial charge on any atom is 0.195 e. The van der Waals surface area contributed by atoms with Crippen LogP contribution in [0.4, 0.5) is 5.69 Å². The fraction of sp³-hybridized carbons (Fsp3) is 0.130. The third-order valence-corrected chi connectivity index (χ3v) is 5.46. The van der Waals surface area contributed by atoms with Crippen LogP contribution in [0.1, 0.15) is 11.1 Å². The van der Waals surface area contributed by atoms with Crippen LogP contribution < -0.4 is 10.2 Å². The summed E-state index contributed by atoms with van der Waals surface area (Å²) < 4.78 is 0. The lowest BCUT2D eigenvalue weighted by Gasteiger charge is -2.21. The molecule has 28 heavy (non-hydrogen) atoms. The van der Waals surface area contributed by atoms with Crippen LogP contribution in [0.5, 0.6) is 0 Å². The summed E-state index contributed by atoms with van der Waals surface area (Å²) in [5.41, 5.74) is 3.51. The molecule has 5 heteroatoms. The van der Waals surface area contributed by atoms with Gasteiger partial charge in [0.15, 0.2) is 10.3 Å². The lowest BCUT2D eigenvalue weighted by molar-refractivity contribution is 0.920. The Morgan fingerprint density at radius 2 is 1.39 bits per heavy atom. The van der Waals surface area contributed by atoms with Crippen molar-refractivity contribution in [3.05, 3.63) is 102 Å². The number of anilines is 1. The number of nitrogens with zero attached hydrogens (tertiary/aromatic N) is 2. The van der Waals surface area contributed by atoms with Crippen LogP contribution in [0, 0.1) is 0 Å². The summed E-state index contributed by atoms with van der Waals surface area (Å²) in [5.74, 6) is 0.831. The van der Waals surface area contributed by atoms with Crippen LogP contribution in [0.25, 0.3) is 0 Å². The first-order valence-electron chi connectivity index (χ1n) is 9.08. The number of hydrogen-bond acceptors (Lipinski definition) is 2. The number of benzene rings is 3. The highest BCUT2D eigenvalue weighted by atomic mass is 32.2. The molecular formula is C23H23N3S2. The quantitative estimate of drug-likeness (QED) is 0.345. The Labute approximate surface area is 176 Å². The Bertz CT molecular complexity index is 897. The van der Waals surface area contributed by atoms with Gasteiger partial charge in [-0.15, -0.1) is 0 Å². The molecule has 3 aromatic carbocycles. The Balaban J connectivity index is 1.72. The number of thioether (sulfide) groups is 1. The van der Waals surface area contributed by atoms with Crippen molar-refractivity contribution < 1.29 is 0 Å². The normalized spacial score (nSPS) is 11.1. The van der Waals surface area contributed by atoms with Gasteiger partial charge in [-0.1, -0.05) is 90.6 Å². The van der Waals surface area contributed by atoms with Crippen LogP contribution in [0.3, 0.4) is 0 Å². The number of amidine groups is 1. The SMILES string of the molecule is CN(/C(=N/C(=S)NCc1ccccc1)SCc1ccccc1)c1ccccc1. The van der Waals surface area contributed by atoms with Crippen molar-refractivity contribution in [3.8, 4) is 0 Å². The van der Waals surface area contributed by atoms with E-state index in [1.165, 1.54) is 11.1 Å². The number of para-hydroxylation sites is 1. The average molecular weight is 406 g/mol. The van der Waals surface area contributed by atoms with Crippen molar-refractivity contribution >= 4 is 39.9 Å². The van der Waals surface area contributed by atoms with E-state index < -0.39 is 0 Å². The van der Waals surface area contributed by atoms with E-state index in [2.05, 4.69) is 58.7 Å². The van der Waals surface area contributed by atoms with E-state index in [0.717, 1.165) is 16.6 Å². The van der Waals surface area contributed by atoms with Gasteiger partial charge < -0.3 is 10.2 Å². The first-order valence-corrected chi connectivity index (χ1v) is 10.5. The molecule has 0 bridgehead atoms. The van der Waals surface area contributed by atoms with E-state index in [9.17, 15) is 0 Å². The molecule has 1 N–H and O–H groups in total. The monoisotopic (exact) mass is 405 g/mol. The first-order chi connectivity index (χ1) is 13.7. The molecule has 0 spiro atoms. The molecule has 0 radical (unpaired) electrons. The molecule has 0 atom stereocenters. The number of nitrogens with one attached hydrogen (secondary N) is 1. The predicted molar refractivity (Wildman–Crippen MR) is 126 cm³/mol. The molecule has 3 nitrogen and oxygen atoms in total. The molecule has 0 saturated heterocycles. The lowest BCUT2D eigenvalue weighted by atomic mass is 10.2. The topological polar surface area (TPSA) is 27.6 Å². The molecule has 0 saturated carbocycles. The van der Waals surface area contributed by atoms with Crippen LogP contribution >= 0.6 is 24.0 Å². The Kier molecular flexibility index (Phi) is 7.64. The van der Waals surface area contributed by atoms with Crippen molar-refractivity contribution in [2.24, 2.45) is 4.99 Å². The van der Waals surface area contributed by atoms with Gasteiger partial charge in [0.25, 0.3) is 0 Å². The van der Waals surface area contributed by atoms with E-state index in [-0.39, 0.29) is 0 Å². The summed E-state index contributed by atoms with van der Waals surface area (Å²) in [5, 5.41) is 4.59. The van der Waals surface area contributed by atoms with Gasteiger partial charge in [-0.25, -0.2) is 0 Å². The fourth-order valence-electron chi connectivity index (χ4n) is 2.59. The number of hydrogen-bond donors (Lipinski definition) is 1. The van der Waals surface area contributed by atoms with Crippen LogP contribution in [-0.2, 0) is 12.3 Å². The van der Waals surface area contributed by atoms with Crippen molar-refractivity contribution in [2.75, 3.05) is 11.9 Å². The summed E-state index contributed by atoms with van der Waals surface area (Å²) in [6.45, 7) is 0.662. The van der Waals surface area contributed by atoms with Gasteiger partial charge >= 0.3 is 0 Å². The second-order valence-electron chi connectivity index (χ2n) is 6.21. The molecule has 0 aliphatic heterocycles. The summed E-state index contributed by atoms with van der Waals surface area (Å²) in [6.07, 6.45) is 0. The zero-order valence-electron chi connectivity index (χ0n) is 15.8. The summed E-state index contributed by atoms with van der Waals surface area (Å²) in [4.78, 5) is 6.78. The highest BCUT2D eigenvalue weighted by Gasteiger charge is 2.11. The Morgan fingerprint density at radius 3 is 2.00 bits per heavy atom. The zero-order chi connectivity index (χ0) is 19.6. The molecule has 0 aliphatic carbocycles.